The van der Waals surface area contributed by atoms with Crippen molar-refractivity contribution in [3.05, 3.63) is 118 Å². The summed E-state index contributed by atoms with van der Waals surface area (Å²) in [5, 5.41) is 43.4. The Morgan fingerprint density at radius 1 is 0.648 bits per heavy atom. The van der Waals surface area contributed by atoms with Crippen LogP contribution in [-0.4, -0.2) is 34.1 Å². The molecule has 0 radical (unpaired) electrons. The summed E-state index contributed by atoms with van der Waals surface area (Å²) >= 11 is 0. The summed E-state index contributed by atoms with van der Waals surface area (Å²) in [6.07, 6.45) is 0.596. The van der Waals surface area contributed by atoms with E-state index in [1.54, 1.807) is 10.5 Å². The lowest BCUT2D eigenvalue weighted by atomic mass is 9.96. The largest absolute Gasteiger partial charge is 0.506 e. The molecule has 0 saturated heterocycles. The van der Waals surface area contributed by atoms with E-state index in [-0.39, 0.29) is 29.0 Å². The first-order valence-corrected chi connectivity index (χ1v) is 17.2. The lowest BCUT2D eigenvalue weighted by Gasteiger charge is -2.12. The average Bonchev–Trinajstić information content (AvgIpc) is 3.93. The van der Waals surface area contributed by atoms with Crippen molar-refractivity contribution in [3.8, 4) is 5.75 Å². The molecule has 0 unspecified atom stereocenters. The van der Waals surface area contributed by atoms with Crippen molar-refractivity contribution >= 4 is 106 Å². The molecule has 11 rings (SSSR count). The molecule has 0 aliphatic rings. The molecule has 0 fully saturated rings. The fourth-order valence-electron chi connectivity index (χ4n) is 7.85. The maximum absolute atomic E-state index is 13.9. The molecular weight excluding hydrogens is 681 g/mol. The van der Waals surface area contributed by atoms with Crippen LogP contribution in [0.4, 0.5) is 23.4 Å². The molecular formula is C41H24N10O3. The van der Waals surface area contributed by atoms with Crippen LogP contribution in [0.3, 0.4) is 0 Å². The van der Waals surface area contributed by atoms with E-state index in [1.165, 1.54) is 0 Å². The number of imidazole rings is 2. The molecule has 5 heterocycles. The van der Waals surface area contributed by atoms with Crippen molar-refractivity contribution in [2.45, 2.75) is 13.3 Å². The summed E-state index contributed by atoms with van der Waals surface area (Å²) in [6.45, 7) is 6.36. The first-order chi connectivity index (χ1) is 26.5. The minimum atomic E-state index is -0.174. The average molecular weight is 705 g/mol. The number of aryl methyl sites for hydroxylation is 1. The number of phenolic OH excluding ortho intramolecular Hbond substituents is 1. The van der Waals surface area contributed by atoms with Gasteiger partial charge in [0.1, 0.15) is 22.7 Å². The molecule has 0 bridgehead atoms. The zero-order chi connectivity index (χ0) is 36.2. The Labute approximate surface area is 302 Å². The normalized spacial score (nSPS) is 12.7. The topological polar surface area (TPSA) is 160 Å². The van der Waals surface area contributed by atoms with E-state index in [1.807, 2.05) is 102 Å². The van der Waals surface area contributed by atoms with Crippen LogP contribution in [0.15, 0.2) is 127 Å². The highest BCUT2D eigenvalue weighted by Gasteiger charge is 2.21. The number of hydrogen-bond acceptors (Lipinski definition) is 11. The zero-order valence-electron chi connectivity index (χ0n) is 28.4. The van der Waals surface area contributed by atoms with Gasteiger partial charge in [0.05, 0.1) is 27.8 Å². The molecule has 0 aliphatic carbocycles. The van der Waals surface area contributed by atoms with E-state index in [9.17, 15) is 9.90 Å². The molecule has 13 heteroatoms. The number of benzene rings is 6. The summed E-state index contributed by atoms with van der Waals surface area (Å²) in [7, 11) is 0. The number of aromatic nitrogens is 6. The van der Waals surface area contributed by atoms with Gasteiger partial charge in [-0.1, -0.05) is 94.6 Å². The molecule has 5 aromatic heterocycles. The Balaban J connectivity index is 0.989. The van der Waals surface area contributed by atoms with Crippen LogP contribution in [0.2, 0.25) is 0 Å². The van der Waals surface area contributed by atoms with Crippen LogP contribution < -0.4 is 10.9 Å². The zero-order valence-corrected chi connectivity index (χ0v) is 28.4. The molecule has 54 heavy (non-hydrogen) atoms. The van der Waals surface area contributed by atoms with Crippen molar-refractivity contribution in [1.82, 2.24) is 29.0 Å². The summed E-state index contributed by atoms with van der Waals surface area (Å²) in [4.78, 5) is 23.6. The van der Waals surface area contributed by atoms with Gasteiger partial charge in [-0.3, -0.25) is 13.6 Å². The molecule has 13 nitrogen and oxygen atoms in total. The lowest BCUT2D eigenvalue weighted by Crippen LogP contribution is -2.13. The van der Waals surface area contributed by atoms with Crippen LogP contribution in [0, 0.1) is 0 Å². The maximum atomic E-state index is 13.9. The van der Waals surface area contributed by atoms with E-state index >= 15 is 0 Å². The highest BCUT2D eigenvalue weighted by Crippen LogP contribution is 2.42. The molecule has 0 amide bonds. The van der Waals surface area contributed by atoms with Gasteiger partial charge in [0.15, 0.2) is 0 Å². The van der Waals surface area contributed by atoms with E-state index in [0.717, 1.165) is 65.6 Å². The molecule has 0 atom stereocenters. The van der Waals surface area contributed by atoms with Gasteiger partial charge in [-0.2, -0.15) is 0 Å². The van der Waals surface area contributed by atoms with Gasteiger partial charge < -0.3 is 9.52 Å². The number of aromatic hydroxyl groups is 1. The third-order valence-corrected chi connectivity index (χ3v) is 10.2. The number of azo groups is 2. The third-order valence-electron chi connectivity index (χ3n) is 10.2. The predicted octanol–water partition coefficient (Wildman–Crippen LogP) is 9.31. The molecule has 256 valence electrons. The monoisotopic (exact) mass is 704 g/mol. The second-order valence-corrected chi connectivity index (χ2v) is 13.1. The minimum absolute atomic E-state index is 0.0872. The Morgan fingerprint density at radius 2 is 1.20 bits per heavy atom. The van der Waals surface area contributed by atoms with Crippen molar-refractivity contribution in [2.24, 2.45) is 20.5 Å². The number of phenols is 1. The van der Waals surface area contributed by atoms with E-state index < -0.39 is 0 Å². The molecule has 11 aromatic rings. The summed E-state index contributed by atoms with van der Waals surface area (Å²) in [6, 6.07) is 30.3. The summed E-state index contributed by atoms with van der Waals surface area (Å²) < 4.78 is 9.39. The van der Waals surface area contributed by atoms with Crippen LogP contribution in [0.25, 0.3) is 83.0 Å². The minimum Gasteiger partial charge on any atom is -0.506 e. The Kier molecular flexibility index (Phi) is 6.07. The molecule has 0 saturated carbocycles. The lowest BCUT2D eigenvalue weighted by molar-refractivity contribution is 0.477. The highest BCUT2D eigenvalue weighted by atomic mass is 16.4. The number of hydrogen-bond donors (Lipinski definition) is 1. The number of nitrogens with zero attached hydrogens (tertiary/aromatic N) is 10. The summed E-state index contributed by atoms with van der Waals surface area (Å²) in [5.41, 5.74) is 6.14. The Morgan fingerprint density at radius 3 is 1.87 bits per heavy atom. The van der Waals surface area contributed by atoms with Crippen molar-refractivity contribution in [2.75, 3.05) is 0 Å². The van der Waals surface area contributed by atoms with Gasteiger partial charge in [-0.25, -0.2) is 9.97 Å². The van der Waals surface area contributed by atoms with Gasteiger partial charge >= 0.3 is 12.0 Å². The third kappa shape index (κ3) is 4.05. The SMILES string of the molecule is C=c1c2cc(O)c(N=Nc3nnc(N=Nc4c(CC)cc5c(=O)n6c7ccccc7nc6c6cccc4c56)o3)c3cccc(c32)c2nc3ccccc3n12. The maximum Gasteiger partial charge on any atom is 0.363 e. The highest BCUT2D eigenvalue weighted by molar-refractivity contribution is 6.20. The van der Waals surface area contributed by atoms with Gasteiger partial charge in [0.25, 0.3) is 5.56 Å². The molecule has 6 aromatic carbocycles. The van der Waals surface area contributed by atoms with E-state index in [4.69, 9.17) is 14.4 Å². The number of pyridine rings is 2. The second-order valence-electron chi connectivity index (χ2n) is 13.1. The van der Waals surface area contributed by atoms with Gasteiger partial charge in [0, 0.05) is 48.4 Å². The van der Waals surface area contributed by atoms with Crippen LogP contribution in [-0.2, 0) is 6.42 Å². The Bertz CT molecular complexity index is 3560. The Hall–Kier alpha value is -7.67. The van der Waals surface area contributed by atoms with Crippen LogP contribution >= 0.6 is 0 Å². The fourth-order valence-corrected chi connectivity index (χ4v) is 7.85. The first-order valence-electron chi connectivity index (χ1n) is 17.2. The smallest absolute Gasteiger partial charge is 0.363 e. The van der Waals surface area contributed by atoms with Gasteiger partial charge in [-0.15, -0.1) is 10.2 Å². The number of para-hydroxylation sites is 4. The molecule has 0 aliphatic heterocycles. The molecule has 1 N–H and O–H groups in total. The quantitative estimate of drug-likeness (QED) is 0.175. The van der Waals surface area contributed by atoms with E-state index in [0.29, 0.717) is 33.9 Å². The van der Waals surface area contributed by atoms with Crippen molar-refractivity contribution in [1.29, 1.82) is 0 Å². The van der Waals surface area contributed by atoms with Crippen LogP contribution in [0.1, 0.15) is 12.5 Å². The second kappa shape index (κ2) is 10.9. The van der Waals surface area contributed by atoms with Gasteiger partial charge in [0.2, 0.25) is 0 Å². The molecule has 0 spiro atoms. The van der Waals surface area contributed by atoms with Gasteiger partial charge in [-0.05, 0) is 48.4 Å². The van der Waals surface area contributed by atoms with Crippen LogP contribution in [0.5, 0.6) is 5.75 Å². The summed E-state index contributed by atoms with van der Waals surface area (Å²) in [5.74, 6) is -0.0872. The number of fused-ring (bicyclic) bond motifs is 8. The predicted molar refractivity (Wildman–Crippen MR) is 207 cm³/mol. The van der Waals surface area contributed by atoms with E-state index in [2.05, 4.69) is 37.2 Å². The first kappa shape index (κ1) is 30.0. The van der Waals surface area contributed by atoms with Crippen molar-refractivity contribution in [3.63, 3.8) is 0 Å². The standard InChI is InChI=1S/C41H24N10O3/c1-3-21-18-27-34-22(10-8-13-25(34)38-43-29-15-5-7-17-31(29)51(38)39(27)53)35(21)44-46-40-48-49-41(54-40)47-45-36-23-11-9-12-24-33(23)26(19-32(36)52)20(2)50-30-16-6-4-14-28(30)42-37(24)50/h4-19,52H,2-3H2,1H3. The fraction of sp³-hybridized carbons (Fsp3) is 0.0488. The van der Waals surface area contributed by atoms with Crippen molar-refractivity contribution < 1.29 is 9.52 Å². The number of rotatable bonds is 5.